The van der Waals surface area contributed by atoms with Gasteiger partial charge in [-0.15, -0.1) is 0 Å². The molecular weight excluding hydrogens is 494 g/mol. The van der Waals surface area contributed by atoms with Gasteiger partial charge in [0, 0.05) is 52.8 Å². The van der Waals surface area contributed by atoms with E-state index in [9.17, 15) is 9.90 Å². The lowest BCUT2D eigenvalue weighted by Crippen LogP contribution is -2.23. The van der Waals surface area contributed by atoms with Crippen LogP contribution < -0.4 is 15.0 Å². The van der Waals surface area contributed by atoms with Crippen LogP contribution in [0, 0.1) is 0 Å². The van der Waals surface area contributed by atoms with Crippen LogP contribution in [0.3, 0.4) is 0 Å². The van der Waals surface area contributed by atoms with E-state index in [1.165, 1.54) is 4.68 Å². The summed E-state index contributed by atoms with van der Waals surface area (Å²) in [6.45, 7) is -0.233. The first-order valence-electron chi connectivity index (χ1n) is 12.2. The van der Waals surface area contributed by atoms with Crippen LogP contribution in [0.25, 0.3) is 49.9 Å². The van der Waals surface area contributed by atoms with Crippen molar-refractivity contribution in [3.63, 3.8) is 0 Å². The van der Waals surface area contributed by atoms with E-state index >= 15 is 0 Å². The third-order valence-electron chi connectivity index (χ3n) is 6.61. The van der Waals surface area contributed by atoms with E-state index in [1.54, 1.807) is 57.2 Å². The molecule has 39 heavy (non-hydrogen) atoms. The minimum atomic E-state index is -0.295. The average Bonchev–Trinajstić information content (AvgIpc) is 3.00. The van der Waals surface area contributed by atoms with E-state index in [-0.39, 0.29) is 12.2 Å². The van der Waals surface area contributed by atoms with Gasteiger partial charge in [-0.2, -0.15) is 9.78 Å². The Labute approximate surface area is 223 Å². The summed E-state index contributed by atoms with van der Waals surface area (Å²) in [5.74, 6) is 1.42. The zero-order chi connectivity index (χ0) is 26.9. The van der Waals surface area contributed by atoms with E-state index in [4.69, 9.17) is 14.6 Å². The van der Waals surface area contributed by atoms with Crippen LogP contribution >= 0.6 is 0 Å². The molecule has 0 atom stereocenters. The zero-order valence-electron chi connectivity index (χ0n) is 21.2. The monoisotopic (exact) mass is 517 g/mol. The molecule has 192 valence electrons. The summed E-state index contributed by atoms with van der Waals surface area (Å²) in [4.78, 5) is 26.9. The lowest BCUT2D eigenvalue weighted by molar-refractivity contribution is 0.282. The highest BCUT2D eigenvalue weighted by Gasteiger charge is 2.18. The number of hydrogen-bond acceptors (Lipinski definition) is 8. The molecule has 0 unspecified atom stereocenters. The van der Waals surface area contributed by atoms with Gasteiger partial charge in [-0.25, -0.2) is 4.98 Å². The first-order chi connectivity index (χ1) is 19.1. The number of pyridine rings is 3. The molecule has 6 rings (SSSR count). The van der Waals surface area contributed by atoms with Crippen molar-refractivity contribution in [3.05, 3.63) is 101 Å². The Kier molecular flexibility index (Phi) is 6.18. The van der Waals surface area contributed by atoms with Gasteiger partial charge in [-0.1, -0.05) is 18.2 Å². The summed E-state index contributed by atoms with van der Waals surface area (Å²) in [5.41, 5.74) is 3.85. The molecule has 6 aromatic rings. The molecule has 9 nitrogen and oxygen atoms in total. The molecule has 9 heteroatoms. The van der Waals surface area contributed by atoms with Gasteiger partial charge in [0.15, 0.2) is 17.3 Å². The molecule has 4 aromatic heterocycles. The summed E-state index contributed by atoms with van der Waals surface area (Å²) in [7, 11) is 3.13. The third-order valence-corrected chi connectivity index (χ3v) is 6.61. The Hall–Kier alpha value is -5.15. The zero-order valence-corrected chi connectivity index (χ0v) is 21.2. The normalized spacial score (nSPS) is 11.2. The minimum absolute atomic E-state index is 0.233. The smallest absolute Gasteiger partial charge is 0.280 e. The molecule has 0 radical (unpaired) electrons. The molecule has 0 spiro atoms. The van der Waals surface area contributed by atoms with Gasteiger partial charge in [0.25, 0.3) is 5.56 Å². The predicted molar refractivity (Wildman–Crippen MR) is 148 cm³/mol. The molecule has 0 bridgehead atoms. The maximum absolute atomic E-state index is 13.6. The second-order valence-corrected chi connectivity index (χ2v) is 8.80. The number of methoxy groups -OCH3 is 2. The van der Waals surface area contributed by atoms with E-state index in [2.05, 4.69) is 15.0 Å². The fraction of sp³-hybridized carbons (Fsp3) is 0.100. The van der Waals surface area contributed by atoms with Gasteiger partial charge in [0.05, 0.1) is 31.7 Å². The maximum atomic E-state index is 13.6. The van der Waals surface area contributed by atoms with Crippen LogP contribution in [0.2, 0.25) is 0 Å². The van der Waals surface area contributed by atoms with Crippen molar-refractivity contribution in [2.24, 2.45) is 0 Å². The van der Waals surface area contributed by atoms with Crippen LogP contribution in [-0.2, 0) is 6.61 Å². The lowest BCUT2D eigenvalue weighted by Gasteiger charge is -2.15. The number of benzene rings is 2. The van der Waals surface area contributed by atoms with Gasteiger partial charge in [-0.05, 0) is 47.5 Å². The van der Waals surface area contributed by atoms with Crippen LogP contribution in [0.15, 0.2) is 90.2 Å². The van der Waals surface area contributed by atoms with Crippen molar-refractivity contribution in [1.29, 1.82) is 0 Å². The third kappa shape index (κ3) is 4.14. The highest BCUT2D eigenvalue weighted by atomic mass is 16.5. The number of aliphatic hydroxyl groups is 1. The number of aliphatic hydroxyl groups excluding tert-OH is 1. The standard InChI is InChI=1S/C30H23N5O4/c1-38-25-13-23-24(14-26(25)39-2)33-16-20(17-36)28(23)18-9-11-32-27(12-18)35-30(37)22-8-4-3-7-21(22)29(34-35)19-6-5-10-31-15-19/h3-16,36H,17H2,1-2H3. The van der Waals surface area contributed by atoms with E-state index in [1.807, 2.05) is 42.5 Å². The summed E-state index contributed by atoms with van der Waals surface area (Å²) < 4.78 is 12.3. The minimum Gasteiger partial charge on any atom is -0.493 e. The van der Waals surface area contributed by atoms with Crippen molar-refractivity contribution in [3.8, 4) is 39.7 Å². The molecule has 0 fully saturated rings. The van der Waals surface area contributed by atoms with Crippen molar-refractivity contribution >= 4 is 21.7 Å². The van der Waals surface area contributed by atoms with E-state index in [0.717, 1.165) is 27.5 Å². The highest BCUT2D eigenvalue weighted by Crippen LogP contribution is 2.38. The summed E-state index contributed by atoms with van der Waals surface area (Å²) in [5, 5.41) is 16.9. The van der Waals surface area contributed by atoms with Crippen LogP contribution in [0.4, 0.5) is 0 Å². The Morgan fingerprint density at radius 3 is 2.36 bits per heavy atom. The fourth-order valence-corrected chi connectivity index (χ4v) is 4.77. The summed E-state index contributed by atoms with van der Waals surface area (Å²) in [6, 6.07) is 18.3. The Morgan fingerprint density at radius 2 is 1.62 bits per heavy atom. The SMILES string of the molecule is COc1cc2ncc(CO)c(-c3ccnc(-n4nc(-c5cccnc5)c5ccccc5c4=O)c3)c2cc1OC. The van der Waals surface area contributed by atoms with Crippen molar-refractivity contribution in [2.75, 3.05) is 14.2 Å². The predicted octanol–water partition coefficient (Wildman–Crippen LogP) is 4.57. The first kappa shape index (κ1) is 24.2. The van der Waals surface area contributed by atoms with Crippen LogP contribution in [0.1, 0.15) is 5.56 Å². The molecule has 2 aromatic carbocycles. The molecule has 0 saturated heterocycles. The Morgan fingerprint density at radius 1 is 0.821 bits per heavy atom. The van der Waals surface area contributed by atoms with Crippen LogP contribution in [-0.4, -0.2) is 44.1 Å². The Bertz CT molecular complexity index is 1900. The van der Waals surface area contributed by atoms with Gasteiger partial charge >= 0.3 is 0 Å². The topological polar surface area (TPSA) is 112 Å². The number of rotatable bonds is 6. The second kappa shape index (κ2) is 9.96. The molecule has 0 amide bonds. The number of fused-ring (bicyclic) bond motifs is 2. The van der Waals surface area contributed by atoms with Gasteiger partial charge in [0.2, 0.25) is 0 Å². The number of nitrogens with zero attached hydrogens (tertiary/aromatic N) is 5. The highest BCUT2D eigenvalue weighted by molar-refractivity contribution is 5.98. The molecular formula is C30H23N5O4. The summed E-state index contributed by atoms with van der Waals surface area (Å²) >= 11 is 0. The number of hydrogen-bond donors (Lipinski definition) is 1. The largest absolute Gasteiger partial charge is 0.493 e. The first-order valence-corrected chi connectivity index (χ1v) is 12.2. The number of aromatic nitrogens is 5. The second-order valence-electron chi connectivity index (χ2n) is 8.80. The molecule has 4 heterocycles. The van der Waals surface area contributed by atoms with Gasteiger partial charge in [-0.3, -0.25) is 14.8 Å². The van der Waals surface area contributed by atoms with Crippen molar-refractivity contribution < 1.29 is 14.6 Å². The summed E-state index contributed by atoms with van der Waals surface area (Å²) in [6.07, 6.45) is 6.65. The van der Waals surface area contributed by atoms with Gasteiger partial charge < -0.3 is 14.6 Å². The Balaban J connectivity index is 1.60. The maximum Gasteiger partial charge on any atom is 0.280 e. The lowest BCUT2D eigenvalue weighted by atomic mass is 9.97. The van der Waals surface area contributed by atoms with E-state index < -0.39 is 0 Å². The molecule has 0 saturated carbocycles. The quantitative estimate of drug-likeness (QED) is 0.342. The average molecular weight is 518 g/mol. The fourth-order valence-electron chi connectivity index (χ4n) is 4.77. The van der Waals surface area contributed by atoms with Crippen molar-refractivity contribution in [2.45, 2.75) is 6.61 Å². The number of ether oxygens (including phenoxy) is 2. The molecule has 0 aliphatic carbocycles. The van der Waals surface area contributed by atoms with Gasteiger partial charge in [0.1, 0.15) is 5.69 Å². The van der Waals surface area contributed by atoms with Crippen LogP contribution in [0.5, 0.6) is 11.5 Å². The molecule has 0 aliphatic rings. The molecule has 0 aliphatic heterocycles. The van der Waals surface area contributed by atoms with Crippen molar-refractivity contribution in [1.82, 2.24) is 24.7 Å². The molecule has 1 N–H and O–H groups in total. The van der Waals surface area contributed by atoms with E-state index in [0.29, 0.717) is 39.5 Å².